The van der Waals surface area contributed by atoms with E-state index in [4.69, 9.17) is 11.6 Å². The molecule has 0 bridgehead atoms. The van der Waals surface area contributed by atoms with Crippen LogP contribution in [0.4, 0.5) is 0 Å². The van der Waals surface area contributed by atoms with Gasteiger partial charge in [-0.1, -0.05) is 11.6 Å². The molecule has 0 saturated carbocycles. The summed E-state index contributed by atoms with van der Waals surface area (Å²) in [5.41, 5.74) is 2.32. The normalized spacial score (nSPS) is 11.3. The third-order valence-electron chi connectivity index (χ3n) is 2.32. The lowest BCUT2D eigenvalue weighted by Crippen LogP contribution is -2.41. The first-order chi connectivity index (χ1) is 9.38. The van der Waals surface area contributed by atoms with Gasteiger partial charge in [0.2, 0.25) is 0 Å². The van der Waals surface area contributed by atoms with Crippen LogP contribution >= 0.6 is 27.5 Å². The van der Waals surface area contributed by atoms with E-state index >= 15 is 0 Å². The quantitative estimate of drug-likeness (QED) is 0.711. The van der Waals surface area contributed by atoms with Crippen molar-refractivity contribution >= 4 is 43.5 Å². The molecule has 2 aromatic rings. The lowest BCUT2D eigenvalue weighted by atomic mass is 10.4. The lowest BCUT2D eigenvalue weighted by molar-refractivity contribution is 0.0940. The number of carbonyl (C=O) groups excluding carboxylic acids is 1. The van der Waals surface area contributed by atoms with E-state index in [1.807, 2.05) is 4.83 Å². The van der Waals surface area contributed by atoms with Crippen molar-refractivity contribution in [2.45, 2.75) is 4.90 Å². The molecule has 3 N–H and O–H groups in total. The number of rotatable bonds is 4. The molecule has 9 heteroatoms. The highest BCUT2D eigenvalue weighted by Gasteiger charge is 2.16. The molecule has 0 saturated heterocycles. The van der Waals surface area contributed by atoms with Crippen LogP contribution in [-0.4, -0.2) is 19.3 Å². The number of amides is 1. The number of halogens is 2. The molecule has 1 heterocycles. The molecule has 0 aliphatic carbocycles. The molecule has 0 fully saturated rings. The fourth-order valence-corrected chi connectivity index (χ4v) is 2.66. The number of aromatic nitrogens is 1. The van der Waals surface area contributed by atoms with Gasteiger partial charge in [0.25, 0.3) is 15.9 Å². The molecule has 0 spiro atoms. The molecule has 20 heavy (non-hydrogen) atoms. The van der Waals surface area contributed by atoms with Crippen molar-refractivity contribution in [1.29, 1.82) is 0 Å². The van der Waals surface area contributed by atoms with Crippen molar-refractivity contribution in [3.05, 3.63) is 51.7 Å². The van der Waals surface area contributed by atoms with Crippen molar-refractivity contribution in [2.24, 2.45) is 0 Å². The average Bonchev–Trinajstić information content (AvgIpc) is 2.83. The van der Waals surface area contributed by atoms with E-state index in [9.17, 15) is 13.2 Å². The predicted octanol–water partition coefficient (Wildman–Crippen LogP) is 2.05. The number of H-pyrrole nitrogens is 1. The van der Waals surface area contributed by atoms with Crippen molar-refractivity contribution in [1.82, 2.24) is 15.2 Å². The molecule has 0 aliphatic heterocycles. The Balaban J connectivity index is 2.06. The Labute approximate surface area is 128 Å². The number of nitrogens with one attached hydrogen (secondary N) is 3. The third-order valence-corrected chi connectivity index (χ3v) is 4.29. The maximum Gasteiger partial charge on any atom is 0.282 e. The van der Waals surface area contributed by atoms with E-state index in [0.29, 0.717) is 9.50 Å². The third kappa shape index (κ3) is 3.60. The summed E-state index contributed by atoms with van der Waals surface area (Å²) in [4.78, 5) is 16.3. The number of hydrazine groups is 1. The van der Waals surface area contributed by atoms with Crippen molar-refractivity contribution < 1.29 is 13.2 Å². The number of aromatic amines is 1. The Hall–Kier alpha value is -1.35. The molecule has 1 amide bonds. The van der Waals surface area contributed by atoms with E-state index < -0.39 is 15.9 Å². The molecular weight excluding hydrogens is 370 g/mol. The first-order valence-corrected chi connectivity index (χ1v) is 7.95. The number of carbonyl (C=O) groups is 1. The van der Waals surface area contributed by atoms with Crippen LogP contribution in [-0.2, 0) is 10.0 Å². The summed E-state index contributed by atoms with van der Waals surface area (Å²) in [5.74, 6) is -0.603. The minimum Gasteiger partial charge on any atom is -0.356 e. The summed E-state index contributed by atoms with van der Waals surface area (Å²) in [7, 11) is -3.84. The highest BCUT2D eigenvalue weighted by atomic mass is 79.9. The van der Waals surface area contributed by atoms with Gasteiger partial charge in [0, 0.05) is 15.7 Å². The second-order valence-corrected chi connectivity index (χ2v) is 6.78. The zero-order chi connectivity index (χ0) is 14.8. The first-order valence-electron chi connectivity index (χ1n) is 5.30. The predicted molar refractivity (Wildman–Crippen MR) is 77.7 cm³/mol. The number of hydrogen-bond acceptors (Lipinski definition) is 3. The van der Waals surface area contributed by atoms with Gasteiger partial charge in [-0.3, -0.25) is 10.2 Å². The molecular formula is C11H9BrClN3O3S. The summed E-state index contributed by atoms with van der Waals surface area (Å²) in [5, 5.41) is 0.421. The Morgan fingerprint density at radius 1 is 1.25 bits per heavy atom. The summed E-state index contributed by atoms with van der Waals surface area (Å²) < 4.78 is 24.5. The standard InChI is InChI=1S/C11H9BrClN3O3S/c12-7-5-10(14-6-7)11(17)15-16-20(18,19)9-3-1-8(13)2-4-9/h1-6,14,16H,(H,15,17). The number of benzene rings is 1. The van der Waals surface area contributed by atoms with Gasteiger partial charge < -0.3 is 4.98 Å². The van der Waals surface area contributed by atoms with E-state index in [1.165, 1.54) is 30.3 Å². The fourth-order valence-electron chi connectivity index (χ4n) is 1.35. The Morgan fingerprint density at radius 3 is 2.45 bits per heavy atom. The highest BCUT2D eigenvalue weighted by molar-refractivity contribution is 9.10. The smallest absolute Gasteiger partial charge is 0.282 e. The number of sulfonamides is 1. The van der Waals surface area contributed by atoms with E-state index in [1.54, 1.807) is 6.20 Å². The molecule has 0 atom stereocenters. The Kier molecular flexibility index (Phi) is 4.48. The van der Waals surface area contributed by atoms with Crippen LogP contribution in [0.5, 0.6) is 0 Å². The van der Waals surface area contributed by atoms with E-state index in [2.05, 4.69) is 26.3 Å². The highest BCUT2D eigenvalue weighted by Crippen LogP contribution is 2.13. The summed E-state index contributed by atoms with van der Waals surface area (Å²) in [6.45, 7) is 0. The Morgan fingerprint density at radius 2 is 1.90 bits per heavy atom. The average molecular weight is 379 g/mol. The van der Waals surface area contributed by atoms with Gasteiger partial charge >= 0.3 is 0 Å². The first kappa shape index (κ1) is 15.0. The molecule has 106 valence electrons. The van der Waals surface area contributed by atoms with Crippen LogP contribution in [0.2, 0.25) is 5.02 Å². The molecule has 2 rings (SSSR count). The van der Waals surface area contributed by atoms with Crippen molar-refractivity contribution in [3.63, 3.8) is 0 Å². The molecule has 0 radical (unpaired) electrons. The summed E-state index contributed by atoms with van der Waals surface area (Å²) in [6, 6.07) is 7.08. The van der Waals surface area contributed by atoms with E-state index in [-0.39, 0.29) is 10.6 Å². The Bertz CT molecular complexity index is 728. The van der Waals surface area contributed by atoms with Gasteiger partial charge in [-0.15, -0.1) is 4.83 Å². The minimum absolute atomic E-state index is 0.00475. The van der Waals surface area contributed by atoms with Crippen molar-refractivity contribution in [2.75, 3.05) is 0 Å². The zero-order valence-corrected chi connectivity index (χ0v) is 13.0. The van der Waals surface area contributed by atoms with Crippen LogP contribution in [0.3, 0.4) is 0 Å². The minimum atomic E-state index is -3.84. The lowest BCUT2D eigenvalue weighted by Gasteiger charge is -2.07. The van der Waals surface area contributed by atoms with Gasteiger partial charge in [-0.25, -0.2) is 8.42 Å². The van der Waals surface area contributed by atoms with Gasteiger partial charge in [0.05, 0.1) is 4.90 Å². The molecule has 0 aliphatic rings. The van der Waals surface area contributed by atoms with Gasteiger partial charge in [0.15, 0.2) is 0 Å². The summed E-state index contributed by atoms with van der Waals surface area (Å²) >= 11 is 8.85. The number of hydrogen-bond donors (Lipinski definition) is 3. The SMILES string of the molecule is O=C(NNS(=O)(=O)c1ccc(Cl)cc1)c1cc(Br)c[nH]1. The maximum absolute atomic E-state index is 11.9. The van der Waals surface area contributed by atoms with Crippen LogP contribution in [0.15, 0.2) is 45.9 Å². The molecule has 6 nitrogen and oxygen atoms in total. The maximum atomic E-state index is 11.9. The van der Waals surface area contributed by atoms with Gasteiger partial charge in [-0.2, -0.15) is 0 Å². The van der Waals surface area contributed by atoms with Crippen LogP contribution < -0.4 is 10.3 Å². The summed E-state index contributed by atoms with van der Waals surface area (Å²) in [6.07, 6.45) is 1.56. The fraction of sp³-hybridized carbons (Fsp3) is 0. The molecule has 0 unspecified atom stereocenters. The zero-order valence-electron chi connectivity index (χ0n) is 9.85. The topological polar surface area (TPSA) is 91.1 Å². The molecule has 1 aromatic carbocycles. The van der Waals surface area contributed by atoms with Crippen LogP contribution in [0.1, 0.15) is 10.5 Å². The van der Waals surface area contributed by atoms with Gasteiger partial charge in [-0.05, 0) is 46.3 Å². The van der Waals surface area contributed by atoms with Gasteiger partial charge in [0.1, 0.15) is 5.69 Å². The van der Waals surface area contributed by atoms with E-state index in [0.717, 1.165) is 0 Å². The second-order valence-electron chi connectivity index (χ2n) is 3.75. The monoisotopic (exact) mass is 377 g/mol. The molecule has 1 aromatic heterocycles. The largest absolute Gasteiger partial charge is 0.356 e. The van der Waals surface area contributed by atoms with Crippen molar-refractivity contribution in [3.8, 4) is 0 Å². The van der Waals surface area contributed by atoms with Crippen LogP contribution in [0, 0.1) is 0 Å². The second kappa shape index (κ2) is 5.96. The van der Waals surface area contributed by atoms with Crippen LogP contribution in [0.25, 0.3) is 0 Å².